The molecule has 1 aliphatic heterocycles. The first-order valence-corrected chi connectivity index (χ1v) is 18.9. The fourth-order valence-corrected chi connectivity index (χ4v) is 7.30. The second-order valence-corrected chi connectivity index (χ2v) is 13.9. The number of benzene rings is 1. The molecule has 8 heteroatoms. The van der Waals surface area contributed by atoms with Crippen molar-refractivity contribution in [3.63, 3.8) is 0 Å². The Balaban J connectivity index is 1.52. The zero-order valence-electron chi connectivity index (χ0n) is 29.1. The summed E-state index contributed by atoms with van der Waals surface area (Å²) in [6.45, 7) is 6.51. The Morgan fingerprint density at radius 3 is 2.02 bits per heavy atom. The fourth-order valence-electron chi connectivity index (χ4n) is 6.34. The van der Waals surface area contributed by atoms with Crippen molar-refractivity contribution in [2.75, 3.05) is 26.6 Å². The number of carbonyl (C=O) groups is 2. The Kier molecular flexibility index (Phi) is 17.7. The third-order valence-electron chi connectivity index (χ3n) is 9.22. The molecule has 0 saturated carbocycles. The van der Waals surface area contributed by atoms with E-state index in [1.807, 2.05) is 12.3 Å². The van der Waals surface area contributed by atoms with Crippen LogP contribution in [0.2, 0.25) is 0 Å². The summed E-state index contributed by atoms with van der Waals surface area (Å²) in [6.07, 6.45) is 21.0. The van der Waals surface area contributed by atoms with Gasteiger partial charge < -0.3 is 14.2 Å². The molecule has 0 N–H and O–H groups in total. The van der Waals surface area contributed by atoms with Gasteiger partial charge in [-0.25, -0.2) is 4.79 Å². The first-order chi connectivity index (χ1) is 22.5. The maximum absolute atomic E-state index is 14.4. The highest BCUT2D eigenvalue weighted by Gasteiger charge is 2.57. The van der Waals surface area contributed by atoms with Gasteiger partial charge in [-0.15, -0.1) is 4.48 Å². The number of ether oxygens (including phenoxy) is 3. The number of pyridine rings is 1. The topological polar surface area (TPSA) is 65.7 Å². The number of rotatable bonds is 23. The maximum atomic E-state index is 14.4. The molecule has 3 rings (SSSR count). The third-order valence-corrected chi connectivity index (χ3v) is 10.7. The van der Waals surface area contributed by atoms with E-state index in [1.54, 1.807) is 37.1 Å². The number of aryl methyl sites for hydroxylation is 1. The molecule has 0 radical (unpaired) electrons. The molecular formula is C38H60N2O5S+2. The minimum absolute atomic E-state index is 0.196. The van der Waals surface area contributed by atoms with Crippen LogP contribution >= 0.6 is 11.8 Å². The molecule has 256 valence electrons. The van der Waals surface area contributed by atoms with Gasteiger partial charge in [0.15, 0.2) is 18.1 Å². The first kappa shape index (κ1) is 38.0. The molecule has 0 spiro atoms. The summed E-state index contributed by atoms with van der Waals surface area (Å²) in [7, 11) is 2.91. The smallest absolute Gasteiger partial charge is 0.496 e. The van der Waals surface area contributed by atoms with Gasteiger partial charge in [0.05, 0.1) is 20.8 Å². The van der Waals surface area contributed by atoms with Crippen LogP contribution in [0.25, 0.3) is 0 Å². The van der Waals surface area contributed by atoms with Crippen LogP contribution < -0.4 is 9.30 Å². The molecule has 0 bridgehead atoms. The number of imide groups is 1. The maximum Gasteiger partial charge on any atom is 0.525 e. The third kappa shape index (κ3) is 11.1. The molecule has 2 aromatic rings. The highest BCUT2D eigenvalue weighted by Crippen LogP contribution is 2.41. The van der Waals surface area contributed by atoms with Crippen LogP contribution in [-0.2, 0) is 29.2 Å². The van der Waals surface area contributed by atoms with Crippen LogP contribution in [0.15, 0.2) is 42.6 Å². The van der Waals surface area contributed by atoms with E-state index in [4.69, 9.17) is 14.2 Å². The molecule has 46 heavy (non-hydrogen) atoms. The van der Waals surface area contributed by atoms with E-state index in [2.05, 4.69) is 30.5 Å². The molecule has 1 saturated heterocycles. The van der Waals surface area contributed by atoms with E-state index in [1.165, 1.54) is 90.6 Å². The second kappa shape index (κ2) is 21.5. The Bertz CT molecular complexity index is 1190. The molecule has 1 aromatic carbocycles. The predicted octanol–water partition coefficient (Wildman–Crippen LogP) is 9.39. The summed E-state index contributed by atoms with van der Waals surface area (Å²) in [5.74, 6) is 1.06. The number of amides is 2. The number of hydrogen-bond acceptors (Lipinski definition) is 6. The highest BCUT2D eigenvalue weighted by molar-refractivity contribution is 8.01. The lowest BCUT2D eigenvalue weighted by molar-refractivity contribution is -0.821. The summed E-state index contributed by atoms with van der Waals surface area (Å²) in [6, 6.07) is 11.3. The van der Waals surface area contributed by atoms with Crippen molar-refractivity contribution in [3.05, 3.63) is 59.4 Å². The molecule has 0 aliphatic carbocycles. The van der Waals surface area contributed by atoms with Crippen molar-refractivity contribution in [2.45, 2.75) is 135 Å². The molecular weight excluding hydrogens is 596 g/mol. The molecule has 1 aliphatic rings. The molecule has 2 unspecified atom stereocenters. The normalized spacial score (nSPS) is 15.6. The van der Waals surface area contributed by atoms with E-state index in [-0.39, 0.29) is 17.8 Å². The van der Waals surface area contributed by atoms with E-state index in [0.717, 1.165) is 43.0 Å². The van der Waals surface area contributed by atoms with Gasteiger partial charge in [0, 0.05) is 30.9 Å². The molecule has 2 heterocycles. The van der Waals surface area contributed by atoms with Gasteiger partial charge in [0.2, 0.25) is 5.69 Å². The number of carbonyl (C=O) groups excluding carboxylic acids is 2. The van der Waals surface area contributed by atoms with Crippen LogP contribution in [0.5, 0.6) is 5.75 Å². The van der Waals surface area contributed by atoms with E-state index < -0.39 is 10.6 Å². The van der Waals surface area contributed by atoms with Crippen LogP contribution in [0.1, 0.15) is 132 Å². The highest BCUT2D eigenvalue weighted by atomic mass is 32.2. The Morgan fingerprint density at radius 2 is 1.48 bits per heavy atom. The first-order valence-electron chi connectivity index (χ1n) is 17.9. The van der Waals surface area contributed by atoms with Crippen LogP contribution in [0.4, 0.5) is 4.79 Å². The quantitative estimate of drug-likeness (QED) is 0.0675. The fraction of sp³-hybridized carbons (Fsp3) is 0.658. The lowest BCUT2D eigenvalue weighted by Gasteiger charge is -2.41. The van der Waals surface area contributed by atoms with Crippen molar-refractivity contribution in [3.8, 4) is 5.75 Å². The number of methoxy groups -OCH3 is 2. The molecule has 2 atom stereocenters. The second-order valence-electron chi connectivity index (χ2n) is 12.6. The van der Waals surface area contributed by atoms with Crippen molar-refractivity contribution >= 4 is 23.8 Å². The Labute approximate surface area is 283 Å². The van der Waals surface area contributed by atoms with Gasteiger partial charge in [-0.05, 0) is 31.0 Å². The van der Waals surface area contributed by atoms with Crippen LogP contribution in [0.3, 0.4) is 0 Å². The van der Waals surface area contributed by atoms with E-state index in [9.17, 15) is 9.59 Å². The lowest BCUT2D eigenvalue weighted by Crippen LogP contribution is -2.64. The molecule has 1 aromatic heterocycles. The summed E-state index contributed by atoms with van der Waals surface area (Å²) < 4.78 is 18.6. The number of unbranched alkanes of at least 4 members (excludes halogenated alkanes) is 13. The Morgan fingerprint density at radius 1 is 0.870 bits per heavy atom. The molecule has 7 nitrogen and oxygen atoms in total. The number of nitrogens with zero attached hydrogens (tertiary/aromatic N) is 2. The zero-order chi connectivity index (χ0) is 33.0. The average Bonchev–Trinajstić information content (AvgIpc) is 3.06. The monoisotopic (exact) mass is 656 g/mol. The summed E-state index contributed by atoms with van der Waals surface area (Å²) in [4.78, 5) is 28.0. The van der Waals surface area contributed by atoms with Gasteiger partial charge >= 0.3 is 12.0 Å². The number of aromatic nitrogens is 1. The van der Waals surface area contributed by atoms with Gasteiger partial charge in [-0.3, -0.25) is 0 Å². The minimum Gasteiger partial charge on any atom is -0.496 e. The number of para-hydroxylation sites is 1. The van der Waals surface area contributed by atoms with Gasteiger partial charge in [0.1, 0.15) is 17.9 Å². The summed E-state index contributed by atoms with van der Waals surface area (Å²) >= 11 is 1.64. The standard InChI is InChI=1S/C38H60N2O5S/c1-5-7-8-9-10-11-12-13-14-15-16-17-18-21-27-45-31-32-24-26-39(6-2)33(29-32)30-40(38(42)44-4,36-25-28-46-36)37(41)34-22-19-20-23-35(34)43-3/h19-20,22-24,26,29,36H,5-18,21,25,27-28,30-31H2,1-4H3/q+2. The molecule has 1 fully saturated rings. The van der Waals surface area contributed by atoms with Crippen LogP contribution in [0, 0.1) is 0 Å². The number of hydrogen-bond donors (Lipinski definition) is 0. The Hall–Kier alpha value is -2.42. The summed E-state index contributed by atoms with van der Waals surface area (Å²) in [5, 5.41) is -0.226. The number of thioether (sulfide) groups is 1. The van der Waals surface area contributed by atoms with Crippen LogP contribution in [-0.4, -0.2) is 48.4 Å². The van der Waals surface area contributed by atoms with Gasteiger partial charge in [-0.1, -0.05) is 114 Å². The van der Waals surface area contributed by atoms with Crippen molar-refractivity contribution in [2.24, 2.45) is 0 Å². The minimum atomic E-state index is -0.546. The van der Waals surface area contributed by atoms with Gasteiger partial charge in [-0.2, -0.15) is 9.36 Å². The average molecular weight is 657 g/mol. The summed E-state index contributed by atoms with van der Waals surface area (Å²) in [5.41, 5.74) is 2.33. The van der Waals surface area contributed by atoms with Gasteiger partial charge in [0.25, 0.3) is 0 Å². The number of quaternary nitrogens is 1. The van der Waals surface area contributed by atoms with Crippen molar-refractivity contribution < 1.29 is 32.8 Å². The van der Waals surface area contributed by atoms with E-state index >= 15 is 0 Å². The SMILES string of the molecule is CCCCCCCCCCCCCCCCOCc1cc[n+](CC)c(C[N+](C(=O)OC)(C(=O)c2ccccc2OC)C2CCS2)c1. The van der Waals surface area contributed by atoms with Crippen molar-refractivity contribution in [1.29, 1.82) is 0 Å². The molecule has 2 amide bonds. The van der Waals surface area contributed by atoms with E-state index in [0.29, 0.717) is 17.9 Å². The largest absolute Gasteiger partial charge is 0.525 e. The lowest BCUT2D eigenvalue weighted by atomic mass is 10.0. The zero-order valence-corrected chi connectivity index (χ0v) is 29.9. The van der Waals surface area contributed by atoms with Crippen molar-refractivity contribution in [1.82, 2.24) is 0 Å². The predicted molar refractivity (Wildman–Crippen MR) is 187 cm³/mol.